The maximum absolute atomic E-state index is 12.2. The van der Waals surface area contributed by atoms with E-state index in [1.807, 2.05) is 26.1 Å². The first-order valence-corrected chi connectivity index (χ1v) is 8.39. The van der Waals surface area contributed by atoms with Crippen molar-refractivity contribution in [3.05, 3.63) is 28.8 Å². The lowest BCUT2D eigenvalue weighted by atomic mass is 9.93. The number of nitrogens with one attached hydrogen (secondary N) is 2. The predicted octanol–water partition coefficient (Wildman–Crippen LogP) is 2.91. The van der Waals surface area contributed by atoms with Crippen molar-refractivity contribution in [3.63, 3.8) is 0 Å². The van der Waals surface area contributed by atoms with Crippen molar-refractivity contribution in [1.29, 1.82) is 0 Å². The van der Waals surface area contributed by atoms with E-state index >= 15 is 0 Å². The summed E-state index contributed by atoms with van der Waals surface area (Å²) >= 11 is 5.98. The van der Waals surface area contributed by atoms with Crippen molar-refractivity contribution in [2.24, 2.45) is 5.92 Å². The Bertz CT molecular complexity index is 499. The quantitative estimate of drug-likeness (QED) is 0.846. The number of hydrogen-bond donors (Lipinski definition) is 2. The zero-order chi connectivity index (χ0) is 15.9. The third kappa shape index (κ3) is 5.27. The SMILES string of the molecule is CNCCC1CCN(CC(=O)Nc2cc(Cl)ccc2C)CC1. The number of halogens is 1. The van der Waals surface area contributed by atoms with Gasteiger partial charge in [-0.3, -0.25) is 9.69 Å². The normalized spacial score (nSPS) is 16.7. The molecule has 1 aliphatic rings. The molecule has 0 saturated carbocycles. The lowest BCUT2D eigenvalue weighted by Gasteiger charge is -2.31. The molecule has 0 aromatic heterocycles. The van der Waals surface area contributed by atoms with Crippen LogP contribution in [0.1, 0.15) is 24.8 Å². The third-order valence-electron chi connectivity index (χ3n) is 4.35. The van der Waals surface area contributed by atoms with E-state index < -0.39 is 0 Å². The molecule has 1 amide bonds. The van der Waals surface area contributed by atoms with Crippen LogP contribution < -0.4 is 10.6 Å². The van der Waals surface area contributed by atoms with Crippen LogP contribution in [0.5, 0.6) is 0 Å². The first-order valence-electron chi connectivity index (χ1n) is 8.01. The van der Waals surface area contributed by atoms with E-state index in [1.54, 1.807) is 6.07 Å². The molecule has 22 heavy (non-hydrogen) atoms. The van der Waals surface area contributed by atoms with Gasteiger partial charge in [0.25, 0.3) is 0 Å². The zero-order valence-corrected chi connectivity index (χ0v) is 14.2. The van der Waals surface area contributed by atoms with Crippen LogP contribution in [-0.2, 0) is 4.79 Å². The van der Waals surface area contributed by atoms with E-state index in [1.165, 1.54) is 19.3 Å². The number of aryl methyl sites for hydroxylation is 1. The Balaban J connectivity index is 1.77. The van der Waals surface area contributed by atoms with Gasteiger partial charge in [-0.1, -0.05) is 17.7 Å². The van der Waals surface area contributed by atoms with Crippen molar-refractivity contribution in [2.45, 2.75) is 26.2 Å². The lowest BCUT2D eigenvalue weighted by Crippen LogP contribution is -2.39. The van der Waals surface area contributed by atoms with Crippen molar-refractivity contribution in [3.8, 4) is 0 Å². The largest absolute Gasteiger partial charge is 0.325 e. The number of carbonyl (C=O) groups is 1. The average molecular weight is 324 g/mol. The fourth-order valence-electron chi connectivity index (χ4n) is 2.90. The second-order valence-corrected chi connectivity index (χ2v) is 6.56. The highest BCUT2D eigenvalue weighted by Gasteiger charge is 2.20. The van der Waals surface area contributed by atoms with Crippen LogP contribution in [0.15, 0.2) is 18.2 Å². The van der Waals surface area contributed by atoms with Gasteiger partial charge in [0, 0.05) is 10.7 Å². The molecule has 122 valence electrons. The highest BCUT2D eigenvalue weighted by atomic mass is 35.5. The van der Waals surface area contributed by atoms with E-state index in [0.29, 0.717) is 11.6 Å². The standard InChI is InChI=1S/C17H26ClN3O/c1-13-3-4-15(18)11-16(13)20-17(22)12-21-9-6-14(7-10-21)5-8-19-2/h3-4,11,14,19H,5-10,12H2,1-2H3,(H,20,22). The van der Waals surface area contributed by atoms with Crippen LogP contribution in [0, 0.1) is 12.8 Å². The molecule has 1 aromatic rings. The number of amides is 1. The van der Waals surface area contributed by atoms with Crippen molar-refractivity contribution in [1.82, 2.24) is 10.2 Å². The minimum absolute atomic E-state index is 0.0408. The second-order valence-electron chi connectivity index (χ2n) is 6.12. The van der Waals surface area contributed by atoms with Gasteiger partial charge >= 0.3 is 0 Å². The molecule has 1 heterocycles. The summed E-state index contributed by atoms with van der Waals surface area (Å²) in [5.41, 5.74) is 1.84. The minimum Gasteiger partial charge on any atom is -0.325 e. The summed E-state index contributed by atoms with van der Waals surface area (Å²) in [7, 11) is 2.00. The average Bonchev–Trinajstić information content (AvgIpc) is 2.50. The van der Waals surface area contributed by atoms with E-state index in [9.17, 15) is 4.79 Å². The van der Waals surface area contributed by atoms with Crippen molar-refractivity contribution < 1.29 is 4.79 Å². The Labute approximate surface area is 138 Å². The van der Waals surface area contributed by atoms with Gasteiger partial charge in [0.1, 0.15) is 0 Å². The number of piperidine rings is 1. The topological polar surface area (TPSA) is 44.4 Å². The molecular weight excluding hydrogens is 298 g/mol. The molecule has 0 aliphatic carbocycles. The number of hydrogen-bond acceptors (Lipinski definition) is 3. The maximum atomic E-state index is 12.2. The van der Waals surface area contributed by atoms with E-state index in [0.717, 1.165) is 36.8 Å². The fourth-order valence-corrected chi connectivity index (χ4v) is 3.08. The number of benzene rings is 1. The molecule has 0 atom stereocenters. The van der Waals surface area contributed by atoms with Gasteiger partial charge < -0.3 is 10.6 Å². The van der Waals surface area contributed by atoms with E-state index in [2.05, 4.69) is 15.5 Å². The van der Waals surface area contributed by atoms with Gasteiger partial charge in [0.15, 0.2) is 0 Å². The van der Waals surface area contributed by atoms with Gasteiger partial charge in [-0.25, -0.2) is 0 Å². The highest BCUT2D eigenvalue weighted by Crippen LogP contribution is 2.21. The Kier molecular flexibility index (Phi) is 6.68. The molecule has 0 radical (unpaired) electrons. The van der Waals surface area contributed by atoms with Crippen LogP contribution in [0.25, 0.3) is 0 Å². The molecule has 0 unspecified atom stereocenters. The van der Waals surface area contributed by atoms with Crippen LogP contribution in [0.4, 0.5) is 5.69 Å². The summed E-state index contributed by atoms with van der Waals surface area (Å²) in [6.45, 7) is 5.54. The number of anilines is 1. The molecule has 0 spiro atoms. The Morgan fingerprint density at radius 2 is 2.09 bits per heavy atom. The van der Waals surface area contributed by atoms with E-state index in [-0.39, 0.29) is 5.91 Å². The summed E-state index contributed by atoms with van der Waals surface area (Å²) in [6.07, 6.45) is 3.61. The number of likely N-dealkylation sites (tertiary alicyclic amines) is 1. The van der Waals surface area contributed by atoms with Crippen molar-refractivity contribution >= 4 is 23.2 Å². The van der Waals surface area contributed by atoms with E-state index in [4.69, 9.17) is 11.6 Å². The lowest BCUT2D eigenvalue weighted by molar-refractivity contribution is -0.117. The van der Waals surface area contributed by atoms with Crippen LogP contribution >= 0.6 is 11.6 Å². The first kappa shape index (κ1) is 17.3. The minimum atomic E-state index is 0.0408. The Morgan fingerprint density at radius 1 is 1.36 bits per heavy atom. The number of rotatable bonds is 6. The second kappa shape index (κ2) is 8.51. The summed E-state index contributed by atoms with van der Waals surface area (Å²) in [6, 6.07) is 5.56. The molecule has 2 N–H and O–H groups in total. The number of carbonyl (C=O) groups excluding carboxylic acids is 1. The van der Waals surface area contributed by atoms with Gasteiger partial charge in [-0.2, -0.15) is 0 Å². The molecule has 5 heteroatoms. The molecule has 1 saturated heterocycles. The molecule has 0 bridgehead atoms. The molecular formula is C17H26ClN3O. The Morgan fingerprint density at radius 3 is 2.77 bits per heavy atom. The summed E-state index contributed by atoms with van der Waals surface area (Å²) in [4.78, 5) is 14.4. The van der Waals surface area contributed by atoms with Gasteiger partial charge in [0.05, 0.1) is 6.54 Å². The van der Waals surface area contributed by atoms with Gasteiger partial charge in [-0.05, 0) is 76.5 Å². The molecule has 2 rings (SSSR count). The maximum Gasteiger partial charge on any atom is 0.238 e. The van der Waals surface area contributed by atoms with Gasteiger partial charge in [0.2, 0.25) is 5.91 Å². The fraction of sp³-hybridized carbons (Fsp3) is 0.588. The van der Waals surface area contributed by atoms with Crippen LogP contribution in [0.2, 0.25) is 5.02 Å². The molecule has 1 fully saturated rings. The monoisotopic (exact) mass is 323 g/mol. The van der Waals surface area contributed by atoms with Crippen molar-refractivity contribution in [2.75, 3.05) is 38.5 Å². The summed E-state index contributed by atoms with van der Waals surface area (Å²) in [5, 5.41) is 6.82. The summed E-state index contributed by atoms with van der Waals surface area (Å²) < 4.78 is 0. The smallest absolute Gasteiger partial charge is 0.238 e. The number of nitrogens with zero attached hydrogens (tertiary/aromatic N) is 1. The predicted molar refractivity (Wildman–Crippen MR) is 92.5 cm³/mol. The molecule has 1 aliphatic heterocycles. The third-order valence-corrected chi connectivity index (χ3v) is 4.59. The highest BCUT2D eigenvalue weighted by molar-refractivity contribution is 6.31. The van der Waals surface area contributed by atoms with Crippen LogP contribution in [0.3, 0.4) is 0 Å². The first-order chi connectivity index (χ1) is 10.6. The Hall–Kier alpha value is -1.10. The zero-order valence-electron chi connectivity index (χ0n) is 13.5. The van der Waals surface area contributed by atoms with Crippen LogP contribution in [-0.4, -0.2) is 44.0 Å². The molecule has 1 aromatic carbocycles. The summed E-state index contributed by atoms with van der Waals surface area (Å²) in [5.74, 6) is 0.834. The molecule has 4 nitrogen and oxygen atoms in total. The van der Waals surface area contributed by atoms with Gasteiger partial charge in [-0.15, -0.1) is 0 Å².